The van der Waals surface area contributed by atoms with Gasteiger partial charge in [0, 0.05) is 6.54 Å². The Morgan fingerprint density at radius 1 is 1.42 bits per heavy atom. The molecule has 0 radical (unpaired) electrons. The van der Waals surface area contributed by atoms with Crippen LogP contribution in [-0.4, -0.2) is 33.7 Å². The fourth-order valence-corrected chi connectivity index (χ4v) is 1.97. The lowest BCUT2D eigenvalue weighted by Gasteiger charge is -2.11. The number of amides is 1. The minimum atomic E-state index is -3.54. The van der Waals surface area contributed by atoms with Crippen molar-refractivity contribution in [2.45, 2.75) is 6.42 Å². The van der Waals surface area contributed by atoms with Crippen molar-refractivity contribution in [1.82, 2.24) is 5.32 Å². The van der Waals surface area contributed by atoms with Gasteiger partial charge in [0.05, 0.1) is 17.5 Å². The maximum atomic E-state index is 13.2. The molecule has 1 rings (SSSR count). The standard InChI is InChI=1S/C11H16FN3O3S/c1-19(17,18)15-10-4-3-8(12)7-9(10)11(16)14-6-2-5-13/h3-4,7,15H,2,5-6,13H2,1H3,(H,14,16). The molecule has 1 aromatic carbocycles. The lowest BCUT2D eigenvalue weighted by Crippen LogP contribution is -2.27. The summed E-state index contributed by atoms with van der Waals surface area (Å²) in [6, 6.07) is 3.25. The number of hydrogen-bond acceptors (Lipinski definition) is 4. The highest BCUT2D eigenvalue weighted by Gasteiger charge is 2.14. The van der Waals surface area contributed by atoms with Gasteiger partial charge in [-0.3, -0.25) is 9.52 Å². The van der Waals surface area contributed by atoms with Gasteiger partial charge in [-0.2, -0.15) is 0 Å². The van der Waals surface area contributed by atoms with Gasteiger partial charge in [0.2, 0.25) is 10.0 Å². The Labute approximate surface area is 111 Å². The van der Waals surface area contributed by atoms with Crippen LogP contribution in [0.3, 0.4) is 0 Å². The zero-order valence-electron chi connectivity index (χ0n) is 10.4. The van der Waals surface area contributed by atoms with Crippen molar-refractivity contribution >= 4 is 21.6 Å². The molecule has 0 saturated heterocycles. The lowest BCUT2D eigenvalue weighted by atomic mass is 10.1. The van der Waals surface area contributed by atoms with E-state index >= 15 is 0 Å². The van der Waals surface area contributed by atoms with Crippen LogP contribution in [0.1, 0.15) is 16.8 Å². The molecule has 106 valence electrons. The molecule has 0 aliphatic carbocycles. The molecule has 0 bridgehead atoms. The number of anilines is 1. The average molecular weight is 289 g/mol. The molecule has 0 heterocycles. The molecule has 1 aromatic rings. The van der Waals surface area contributed by atoms with Crippen molar-refractivity contribution in [1.29, 1.82) is 0 Å². The number of benzene rings is 1. The largest absolute Gasteiger partial charge is 0.352 e. The maximum Gasteiger partial charge on any atom is 0.253 e. The van der Waals surface area contributed by atoms with Crippen LogP contribution in [0.25, 0.3) is 0 Å². The number of sulfonamides is 1. The minimum absolute atomic E-state index is 0.0362. The Hall–Kier alpha value is -1.67. The van der Waals surface area contributed by atoms with Gasteiger partial charge < -0.3 is 11.1 Å². The van der Waals surface area contributed by atoms with E-state index in [1.54, 1.807) is 0 Å². The zero-order valence-corrected chi connectivity index (χ0v) is 11.3. The van der Waals surface area contributed by atoms with Crippen LogP contribution in [0.2, 0.25) is 0 Å². The third-order valence-electron chi connectivity index (χ3n) is 2.19. The van der Waals surface area contributed by atoms with Crippen LogP contribution < -0.4 is 15.8 Å². The van der Waals surface area contributed by atoms with Gasteiger partial charge in [0.15, 0.2) is 0 Å². The van der Waals surface area contributed by atoms with E-state index in [0.717, 1.165) is 18.4 Å². The molecule has 6 nitrogen and oxygen atoms in total. The summed E-state index contributed by atoms with van der Waals surface area (Å²) in [6.07, 6.45) is 1.53. The summed E-state index contributed by atoms with van der Waals surface area (Å²) < 4.78 is 37.7. The number of carbonyl (C=O) groups is 1. The van der Waals surface area contributed by atoms with Gasteiger partial charge in [-0.1, -0.05) is 0 Å². The van der Waals surface area contributed by atoms with Crippen molar-refractivity contribution in [3.8, 4) is 0 Å². The van der Waals surface area contributed by atoms with Crippen molar-refractivity contribution < 1.29 is 17.6 Å². The highest BCUT2D eigenvalue weighted by molar-refractivity contribution is 7.92. The molecule has 0 aliphatic rings. The number of carbonyl (C=O) groups excluding carboxylic acids is 1. The molecule has 4 N–H and O–H groups in total. The lowest BCUT2D eigenvalue weighted by molar-refractivity contribution is 0.0954. The van der Waals surface area contributed by atoms with Gasteiger partial charge in [-0.05, 0) is 31.2 Å². The first-order chi connectivity index (χ1) is 8.83. The second kappa shape index (κ2) is 6.48. The van der Waals surface area contributed by atoms with Gasteiger partial charge in [-0.15, -0.1) is 0 Å². The van der Waals surface area contributed by atoms with Crippen LogP contribution in [0, 0.1) is 5.82 Å². The smallest absolute Gasteiger partial charge is 0.253 e. The number of rotatable bonds is 6. The quantitative estimate of drug-likeness (QED) is 0.654. The Bertz CT molecular complexity index is 560. The maximum absolute atomic E-state index is 13.2. The van der Waals surface area contributed by atoms with E-state index < -0.39 is 21.7 Å². The van der Waals surface area contributed by atoms with Crippen molar-refractivity contribution in [2.24, 2.45) is 5.73 Å². The molecule has 0 unspecified atom stereocenters. The van der Waals surface area contributed by atoms with Crippen molar-refractivity contribution in [3.63, 3.8) is 0 Å². The Morgan fingerprint density at radius 3 is 2.68 bits per heavy atom. The first-order valence-corrected chi connectivity index (χ1v) is 7.48. The molecule has 0 atom stereocenters. The zero-order chi connectivity index (χ0) is 14.5. The van der Waals surface area contributed by atoms with Crippen LogP contribution in [0.4, 0.5) is 10.1 Å². The molecular weight excluding hydrogens is 273 g/mol. The second-order valence-corrected chi connectivity index (χ2v) is 5.71. The summed E-state index contributed by atoms with van der Waals surface area (Å²) in [5, 5.41) is 2.53. The molecule has 0 aliphatic heterocycles. The van der Waals surface area contributed by atoms with E-state index in [9.17, 15) is 17.6 Å². The normalized spacial score (nSPS) is 11.1. The summed E-state index contributed by atoms with van der Waals surface area (Å²) in [5.41, 5.74) is 5.26. The molecular formula is C11H16FN3O3S. The Balaban J connectivity index is 2.97. The number of nitrogens with two attached hydrogens (primary N) is 1. The summed E-state index contributed by atoms with van der Waals surface area (Å²) in [6.45, 7) is 0.752. The van der Waals surface area contributed by atoms with Crippen LogP contribution in [0.15, 0.2) is 18.2 Å². The van der Waals surface area contributed by atoms with Gasteiger partial charge in [0.25, 0.3) is 5.91 Å². The van der Waals surface area contributed by atoms with E-state index in [1.165, 1.54) is 6.07 Å². The first kappa shape index (κ1) is 15.4. The predicted molar refractivity (Wildman–Crippen MR) is 70.9 cm³/mol. The number of halogens is 1. The molecule has 0 saturated carbocycles. The molecule has 1 amide bonds. The Morgan fingerprint density at radius 2 is 2.11 bits per heavy atom. The molecule has 0 fully saturated rings. The fraction of sp³-hybridized carbons (Fsp3) is 0.364. The minimum Gasteiger partial charge on any atom is -0.352 e. The van der Waals surface area contributed by atoms with Crippen molar-refractivity contribution in [3.05, 3.63) is 29.6 Å². The van der Waals surface area contributed by atoms with Crippen molar-refractivity contribution in [2.75, 3.05) is 24.1 Å². The Kier molecular flexibility index (Phi) is 5.25. The summed E-state index contributed by atoms with van der Waals surface area (Å²) in [7, 11) is -3.54. The second-order valence-electron chi connectivity index (χ2n) is 3.96. The first-order valence-electron chi connectivity index (χ1n) is 5.59. The third kappa shape index (κ3) is 5.23. The molecule has 8 heteroatoms. The van der Waals surface area contributed by atoms with Gasteiger partial charge in [0.1, 0.15) is 5.82 Å². The molecule has 0 spiro atoms. The van der Waals surface area contributed by atoms with E-state index in [1.807, 2.05) is 0 Å². The monoisotopic (exact) mass is 289 g/mol. The highest BCUT2D eigenvalue weighted by Crippen LogP contribution is 2.18. The summed E-state index contributed by atoms with van der Waals surface area (Å²) >= 11 is 0. The average Bonchev–Trinajstić information content (AvgIpc) is 2.30. The third-order valence-corrected chi connectivity index (χ3v) is 2.78. The van der Waals surface area contributed by atoms with Crippen LogP contribution in [0.5, 0.6) is 0 Å². The van der Waals surface area contributed by atoms with Crippen LogP contribution in [-0.2, 0) is 10.0 Å². The molecule has 0 aromatic heterocycles. The molecule has 19 heavy (non-hydrogen) atoms. The van der Waals surface area contributed by atoms with E-state index in [0.29, 0.717) is 19.5 Å². The van der Waals surface area contributed by atoms with Crippen LogP contribution >= 0.6 is 0 Å². The highest BCUT2D eigenvalue weighted by atomic mass is 32.2. The van der Waals surface area contributed by atoms with Gasteiger partial charge >= 0.3 is 0 Å². The fourth-order valence-electron chi connectivity index (χ4n) is 1.39. The number of nitrogens with one attached hydrogen (secondary N) is 2. The number of hydrogen-bond donors (Lipinski definition) is 3. The summed E-state index contributed by atoms with van der Waals surface area (Å²) in [4.78, 5) is 11.8. The topological polar surface area (TPSA) is 101 Å². The van der Waals surface area contributed by atoms with Gasteiger partial charge in [-0.25, -0.2) is 12.8 Å². The summed E-state index contributed by atoms with van der Waals surface area (Å²) in [5.74, 6) is -1.18. The SMILES string of the molecule is CS(=O)(=O)Nc1ccc(F)cc1C(=O)NCCCN. The van der Waals surface area contributed by atoms with E-state index in [4.69, 9.17) is 5.73 Å². The van der Waals surface area contributed by atoms with E-state index in [2.05, 4.69) is 10.0 Å². The predicted octanol–water partition coefficient (Wildman–Crippen LogP) is 0.276. The van der Waals surface area contributed by atoms with E-state index in [-0.39, 0.29) is 11.3 Å².